The van der Waals surface area contributed by atoms with Gasteiger partial charge in [-0.1, -0.05) is 49.4 Å². The van der Waals surface area contributed by atoms with Crippen LogP contribution in [0.5, 0.6) is 0 Å². The number of hydrogen-bond donors (Lipinski definition) is 0. The summed E-state index contributed by atoms with van der Waals surface area (Å²) in [6, 6.07) is 15.7. The fourth-order valence-corrected chi connectivity index (χ4v) is 9.22. The quantitative estimate of drug-likeness (QED) is 0.727. The zero-order valence-electron chi connectivity index (χ0n) is 14.6. The SMILES string of the molecule is C=C[C@@H]1CC(S(=O)(=O)c2ccccc2)(S(=O)(=O)c2ccccc2)C[C@H]1C. The minimum atomic E-state index is -4.12. The van der Waals surface area contributed by atoms with Gasteiger partial charge in [-0.05, 0) is 48.9 Å². The lowest BCUT2D eigenvalue weighted by molar-refractivity contribution is 0.503. The molecule has 3 rings (SSSR count). The second kappa shape index (κ2) is 6.67. The zero-order chi connectivity index (χ0) is 19.0. The van der Waals surface area contributed by atoms with Gasteiger partial charge >= 0.3 is 0 Å². The molecule has 1 aliphatic carbocycles. The second-order valence-corrected chi connectivity index (χ2v) is 11.6. The molecule has 0 amide bonds. The molecule has 0 heterocycles. The first-order valence-electron chi connectivity index (χ1n) is 8.48. The number of rotatable bonds is 5. The highest BCUT2D eigenvalue weighted by Crippen LogP contribution is 2.52. The van der Waals surface area contributed by atoms with Crippen molar-refractivity contribution in [2.75, 3.05) is 0 Å². The molecule has 4 nitrogen and oxygen atoms in total. The maximum Gasteiger partial charge on any atom is 0.198 e. The predicted octanol–water partition coefficient (Wildman–Crippen LogP) is 3.86. The molecule has 26 heavy (non-hydrogen) atoms. The topological polar surface area (TPSA) is 68.3 Å². The van der Waals surface area contributed by atoms with E-state index in [0.717, 1.165) is 0 Å². The Morgan fingerprint density at radius 1 is 0.846 bits per heavy atom. The number of allylic oxidation sites excluding steroid dienone is 1. The summed E-state index contributed by atoms with van der Waals surface area (Å²) in [7, 11) is -8.24. The van der Waals surface area contributed by atoms with E-state index in [1.165, 1.54) is 24.3 Å². The fourth-order valence-electron chi connectivity index (χ4n) is 3.81. The molecule has 138 valence electrons. The van der Waals surface area contributed by atoms with Gasteiger partial charge in [0, 0.05) is 0 Å². The molecule has 1 aliphatic rings. The van der Waals surface area contributed by atoms with E-state index in [1.54, 1.807) is 42.5 Å². The predicted molar refractivity (Wildman–Crippen MR) is 102 cm³/mol. The Balaban J connectivity index is 2.28. The molecule has 0 saturated heterocycles. The van der Waals surface area contributed by atoms with Crippen molar-refractivity contribution >= 4 is 19.7 Å². The molecular formula is C20H22O4S2. The van der Waals surface area contributed by atoms with E-state index in [1.807, 2.05) is 6.92 Å². The Bertz CT molecular complexity index is 925. The summed E-state index contributed by atoms with van der Waals surface area (Å²) in [5.41, 5.74) is 0. The van der Waals surface area contributed by atoms with Crippen LogP contribution in [0.15, 0.2) is 83.1 Å². The first kappa shape index (κ1) is 18.9. The van der Waals surface area contributed by atoms with Crippen LogP contribution < -0.4 is 0 Å². The van der Waals surface area contributed by atoms with Gasteiger partial charge in [0.1, 0.15) is 0 Å². The van der Waals surface area contributed by atoms with Crippen LogP contribution in [-0.2, 0) is 19.7 Å². The van der Waals surface area contributed by atoms with E-state index < -0.39 is 23.8 Å². The van der Waals surface area contributed by atoms with Gasteiger partial charge in [0.15, 0.2) is 23.8 Å². The third-order valence-electron chi connectivity index (χ3n) is 5.30. The highest BCUT2D eigenvalue weighted by atomic mass is 32.3. The first-order valence-corrected chi connectivity index (χ1v) is 11.4. The van der Waals surface area contributed by atoms with Crippen molar-refractivity contribution in [1.82, 2.24) is 0 Å². The molecule has 0 N–H and O–H groups in total. The smallest absolute Gasteiger partial charge is 0.198 e. The van der Waals surface area contributed by atoms with Gasteiger partial charge in [-0.15, -0.1) is 6.58 Å². The number of hydrogen-bond acceptors (Lipinski definition) is 4. The van der Waals surface area contributed by atoms with Gasteiger partial charge < -0.3 is 0 Å². The van der Waals surface area contributed by atoms with Crippen LogP contribution in [0.2, 0.25) is 0 Å². The number of sulfone groups is 2. The summed E-state index contributed by atoms with van der Waals surface area (Å²) in [5.74, 6) is -0.267. The van der Waals surface area contributed by atoms with E-state index in [2.05, 4.69) is 6.58 Å². The highest BCUT2D eigenvalue weighted by molar-refractivity contribution is 8.10. The van der Waals surface area contributed by atoms with Gasteiger partial charge in [-0.3, -0.25) is 0 Å². The second-order valence-electron chi connectivity index (χ2n) is 6.83. The fraction of sp³-hybridized carbons (Fsp3) is 0.300. The van der Waals surface area contributed by atoms with Crippen molar-refractivity contribution < 1.29 is 16.8 Å². The van der Waals surface area contributed by atoms with Gasteiger partial charge in [-0.25, -0.2) is 16.8 Å². The molecule has 2 atom stereocenters. The Labute approximate surface area is 155 Å². The first-order chi connectivity index (χ1) is 12.3. The van der Waals surface area contributed by atoms with Crippen molar-refractivity contribution in [3.63, 3.8) is 0 Å². The van der Waals surface area contributed by atoms with Crippen LogP contribution in [-0.4, -0.2) is 20.9 Å². The minimum Gasteiger partial charge on any atom is -0.222 e. The van der Waals surface area contributed by atoms with Crippen molar-refractivity contribution in [1.29, 1.82) is 0 Å². The standard InChI is InChI=1S/C20H22O4S2/c1-3-17-15-20(14-16(17)2,25(21,22)18-10-6-4-7-11-18)26(23,24)19-12-8-5-9-13-19/h3-13,16-17H,1,14-15H2,2H3/t16-,17-/m1/s1. The maximum atomic E-state index is 13.6. The van der Waals surface area contributed by atoms with E-state index in [9.17, 15) is 16.8 Å². The van der Waals surface area contributed by atoms with Gasteiger partial charge in [0.2, 0.25) is 0 Å². The van der Waals surface area contributed by atoms with Gasteiger partial charge in [0.05, 0.1) is 9.79 Å². The van der Waals surface area contributed by atoms with Crippen LogP contribution in [0.3, 0.4) is 0 Å². The average Bonchev–Trinajstić information content (AvgIpc) is 3.02. The average molecular weight is 391 g/mol. The molecule has 1 saturated carbocycles. The third-order valence-corrected chi connectivity index (χ3v) is 11.0. The van der Waals surface area contributed by atoms with Crippen LogP contribution in [0.1, 0.15) is 19.8 Å². The molecule has 0 bridgehead atoms. The molecule has 0 spiro atoms. The lowest BCUT2D eigenvalue weighted by atomic mass is 9.99. The molecule has 2 aromatic carbocycles. The molecule has 0 radical (unpaired) electrons. The Kier molecular flexibility index (Phi) is 4.84. The number of benzene rings is 2. The normalized spacial score (nSPS) is 22.8. The maximum absolute atomic E-state index is 13.6. The van der Waals surface area contributed by atoms with Crippen molar-refractivity contribution in [3.8, 4) is 0 Å². The molecule has 1 fully saturated rings. The molecule has 2 aromatic rings. The van der Waals surface area contributed by atoms with Crippen molar-refractivity contribution in [2.45, 2.75) is 33.6 Å². The van der Waals surface area contributed by atoms with Crippen molar-refractivity contribution in [3.05, 3.63) is 73.3 Å². The summed E-state index contributed by atoms with van der Waals surface area (Å²) in [6.45, 7) is 5.66. The molecule has 0 unspecified atom stereocenters. The minimum absolute atomic E-state index is 0.0200. The highest BCUT2D eigenvalue weighted by Gasteiger charge is 2.61. The molecule has 0 aromatic heterocycles. The zero-order valence-corrected chi connectivity index (χ0v) is 16.2. The summed E-state index contributed by atoms with van der Waals surface area (Å²) in [4.78, 5) is 0.0767. The van der Waals surface area contributed by atoms with Crippen molar-refractivity contribution in [2.24, 2.45) is 11.8 Å². The Morgan fingerprint density at radius 2 is 1.27 bits per heavy atom. The molecule has 0 aliphatic heterocycles. The lowest BCUT2D eigenvalue weighted by Gasteiger charge is -2.29. The Morgan fingerprint density at radius 3 is 1.62 bits per heavy atom. The summed E-state index contributed by atoms with van der Waals surface area (Å²) >= 11 is 0. The van der Waals surface area contributed by atoms with Gasteiger partial charge in [-0.2, -0.15) is 0 Å². The van der Waals surface area contributed by atoms with Crippen LogP contribution >= 0.6 is 0 Å². The third kappa shape index (κ3) is 2.72. The Hall–Kier alpha value is -1.92. The summed E-state index contributed by atoms with van der Waals surface area (Å²) < 4.78 is 52.4. The van der Waals surface area contributed by atoms with E-state index in [-0.39, 0.29) is 34.5 Å². The summed E-state index contributed by atoms with van der Waals surface area (Å²) in [5, 5.41) is 0. The lowest BCUT2D eigenvalue weighted by Crippen LogP contribution is -2.44. The van der Waals surface area contributed by atoms with E-state index >= 15 is 0 Å². The largest absolute Gasteiger partial charge is 0.222 e. The monoisotopic (exact) mass is 390 g/mol. The van der Waals surface area contributed by atoms with E-state index in [0.29, 0.717) is 0 Å². The van der Waals surface area contributed by atoms with Crippen LogP contribution in [0.4, 0.5) is 0 Å². The van der Waals surface area contributed by atoms with Crippen LogP contribution in [0, 0.1) is 11.8 Å². The molecular weight excluding hydrogens is 368 g/mol. The van der Waals surface area contributed by atoms with E-state index in [4.69, 9.17) is 0 Å². The van der Waals surface area contributed by atoms with Gasteiger partial charge in [0.25, 0.3) is 0 Å². The molecule has 6 heteroatoms. The summed E-state index contributed by atoms with van der Waals surface area (Å²) in [6.07, 6.45) is 1.75. The van der Waals surface area contributed by atoms with Crippen LogP contribution in [0.25, 0.3) is 0 Å².